The molecule has 1 amide bonds. The molecule has 0 aliphatic carbocycles. The lowest BCUT2D eigenvalue weighted by molar-refractivity contribution is 0.0786. The molecular formula is C20H22N4O3S3. The summed E-state index contributed by atoms with van der Waals surface area (Å²) in [5.41, 5.74) is 1.80. The number of hydrogen-bond donors (Lipinski definition) is 0. The van der Waals surface area contributed by atoms with Crippen molar-refractivity contribution >= 4 is 39.0 Å². The molecule has 1 aromatic carbocycles. The number of thioether (sulfide) groups is 1. The first-order valence-corrected chi connectivity index (χ1v) is 12.9. The third kappa shape index (κ3) is 4.31. The lowest BCUT2D eigenvalue weighted by atomic mass is 10.3. The molecule has 3 heterocycles. The van der Waals surface area contributed by atoms with Gasteiger partial charge in [0, 0.05) is 49.9 Å². The van der Waals surface area contributed by atoms with Gasteiger partial charge >= 0.3 is 0 Å². The number of thiophene rings is 1. The molecule has 0 spiro atoms. The van der Waals surface area contributed by atoms with Gasteiger partial charge in [-0.2, -0.15) is 21.2 Å². The van der Waals surface area contributed by atoms with Crippen molar-refractivity contribution in [2.24, 2.45) is 0 Å². The van der Waals surface area contributed by atoms with Gasteiger partial charge in [0.15, 0.2) is 0 Å². The van der Waals surface area contributed by atoms with Crippen LogP contribution >= 0.6 is 23.1 Å². The average molecular weight is 463 g/mol. The molecule has 1 aliphatic heterocycles. The zero-order valence-corrected chi connectivity index (χ0v) is 18.9. The first-order valence-electron chi connectivity index (χ1n) is 9.46. The normalized spacial score (nSPS) is 15.2. The number of carbonyl (C=O) groups excluding carboxylic acids is 1. The Kier molecular flexibility index (Phi) is 6.28. The summed E-state index contributed by atoms with van der Waals surface area (Å²) < 4.78 is 29.3. The lowest BCUT2D eigenvalue weighted by Crippen LogP contribution is -2.38. The van der Waals surface area contributed by atoms with Gasteiger partial charge in [0.1, 0.15) is 9.77 Å². The molecule has 0 N–H and O–H groups in total. The van der Waals surface area contributed by atoms with Crippen LogP contribution in [0, 0.1) is 0 Å². The summed E-state index contributed by atoms with van der Waals surface area (Å²) in [6.07, 6.45) is 3.59. The van der Waals surface area contributed by atoms with Crippen LogP contribution in [0.2, 0.25) is 0 Å². The molecule has 0 saturated carbocycles. The van der Waals surface area contributed by atoms with Gasteiger partial charge in [0.05, 0.1) is 11.9 Å². The molecule has 2 aromatic heterocycles. The van der Waals surface area contributed by atoms with Crippen LogP contribution < -0.4 is 0 Å². The summed E-state index contributed by atoms with van der Waals surface area (Å²) >= 11 is 2.91. The lowest BCUT2D eigenvalue weighted by Gasteiger charge is -2.26. The highest BCUT2D eigenvalue weighted by atomic mass is 32.2. The average Bonchev–Trinajstić information content (AvgIpc) is 3.45. The Morgan fingerprint density at radius 3 is 2.63 bits per heavy atom. The van der Waals surface area contributed by atoms with Gasteiger partial charge < -0.3 is 4.90 Å². The monoisotopic (exact) mass is 462 g/mol. The van der Waals surface area contributed by atoms with Crippen LogP contribution in [0.15, 0.2) is 59.1 Å². The van der Waals surface area contributed by atoms with E-state index in [-0.39, 0.29) is 15.7 Å². The molecule has 1 aliphatic rings. The van der Waals surface area contributed by atoms with Gasteiger partial charge in [0.2, 0.25) is 10.0 Å². The van der Waals surface area contributed by atoms with Crippen molar-refractivity contribution in [2.75, 3.05) is 31.6 Å². The second-order valence-corrected chi connectivity index (χ2v) is 11.0. The summed E-state index contributed by atoms with van der Waals surface area (Å²) in [6.45, 7) is 1.29. The van der Waals surface area contributed by atoms with E-state index in [1.165, 1.54) is 26.6 Å². The van der Waals surface area contributed by atoms with Crippen molar-refractivity contribution in [1.29, 1.82) is 0 Å². The van der Waals surface area contributed by atoms with Crippen molar-refractivity contribution in [3.05, 3.63) is 64.6 Å². The van der Waals surface area contributed by atoms with Crippen molar-refractivity contribution < 1.29 is 13.2 Å². The van der Waals surface area contributed by atoms with E-state index in [9.17, 15) is 13.2 Å². The van der Waals surface area contributed by atoms with Gasteiger partial charge in [-0.05, 0) is 23.6 Å². The summed E-state index contributed by atoms with van der Waals surface area (Å²) in [5, 5.41) is 6.02. The smallest absolute Gasteiger partial charge is 0.265 e. The van der Waals surface area contributed by atoms with E-state index in [1.807, 2.05) is 36.5 Å². The quantitative estimate of drug-likeness (QED) is 0.563. The van der Waals surface area contributed by atoms with Crippen molar-refractivity contribution in [3.8, 4) is 5.69 Å². The Morgan fingerprint density at radius 1 is 1.17 bits per heavy atom. The molecule has 10 heteroatoms. The minimum absolute atomic E-state index is 0.108. The highest BCUT2D eigenvalue weighted by molar-refractivity contribution is 7.99. The van der Waals surface area contributed by atoms with Crippen LogP contribution in [0.4, 0.5) is 0 Å². The van der Waals surface area contributed by atoms with Gasteiger partial charge in [-0.25, -0.2) is 13.1 Å². The summed E-state index contributed by atoms with van der Waals surface area (Å²) in [6, 6.07) is 11.3. The van der Waals surface area contributed by atoms with Crippen molar-refractivity contribution in [3.63, 3.8) is 0 Å². The number of benzene rings is 1. The summed E-state index contributed by atoms with van der Waals surface area (Å²) in [4.78, 5) is 15.0. The number of nitrogens with zero attached hydrogens (tertiary/aromatic N) is 4. The maximum absolute atomic E-state index is 13.1. The van der Waals surface area contributed by atoms with Crippen LogP contribution in [0.5, 0.6) is 0 Å². The van der Waals surface area contributed by atoms with E-state index in [1.54, 1.807) is 35.1 Å². The van der Waals surface area contributed by atoms with Crippen LogP contribution in [0.25, 0.3) is 5.69 Å². The third-order valence-corrected chi connectivity index (χ3v) is 8.75. The number of amides is 1. The first-order chi connectivity index (χ1) is 14.5. The van der Waals surface area contributed by atoms with Gasteiger partial charge in [-0.3, -0.25) is 4.79 Å². The van der Waals surface area contributed by atoms with Crippen LogP contribution in [-0.4, -0.2) is 65.0 Å². The highest BCUT2D eigenvalue weighted by Crippen LogP contribution is 2.28. The van der Waals surface area contributed by atoms with Crippen molar-refractivity contribution in [1.82, 2.24) is 19.0 Å². The number of carbonyl (C=O) groups is 1. The molecule has 158 valence electrons. The molecule has 0 atom stereocenters. The van der Waals surface area contributed by atoms with E-state index in [0.717, 1.165) is 22.8 Å². The molecule has 1 saturated heterocycles. The molecule has 7 nitrogen and oxygen atoms in total. The third-order valence-electron chi connectivity index (χ3n) is 4.83. The zero-order valence-electron chi connectivity index (χ0n) is 16.5. The Balaban J connectivity index is 1.50. The van der Waals surface area contributed by atoms with Crippen molar-refractivity contribution in [2.45, 2.75) is 11.4 Å². The molecule has 0 radical (unpaired) electrons. The van der Waals surface area contributed by atoms with Crippen LogP contribution in [0.3, 0.4) is 0 Å². The Hall–Kier alpha value is -2.14. The molecule has 1 fully saturated rings. The Bertz CT molecular complexity index is 1120. The summed E-state index contributed by atoms with van der Waals surface area (Å²) in [7, 11) is -1.99. The minimum Gasteiger partial charge on any atom is -0.337 e. The molecule has 30 heavy (non-hydrogen) atoms. The van der Waals surface area contributed by atoms with Gasteiger partial charge in [0.25, 0.3) is 5.91 Å². The topological polar surface area (TPSA) is 75.5 Å². The fourth-order valence-electron chi connectivity index (χ4n) is 3.27. The number of rotatable bonds is 6. The van der Waals surface area contributed by atoms with Crippen LogP contribution in [-0.2, 0) is 16.6 Å². The Labute approximate surface area is 184 Å². The molecule has 3 aromatic rings. The molecule has 0 bridgehead atoms. The summed E-state index contributed by atoms with van der Waals surface area (Å²) in [5.74, 6) is 1.25. The predicted molar refractivity (Wildman–Crippen MR) is 120 cm³/mol. The number of aromatic nitrogens is 2. The van der Waals surface area contributed by atoms with E-state index in [0.29, 0.717) is 19.6 Å². The molecule has 0 unspecified atom stereocenters. The number of hydrogen-bond acceptors (Lipinski definition) is 6. The second-order valence-electron chi connectivity index (χ2n) is 6.92. The Morgan fingerprint density at radius 2 is 1.90 bits per heavy atom. The maximum Gasteiger partial charge on any atom is 0.265 e. The van der Waals surface area contributed by atoms with E-state index in [2.05, 4.69) is 5.10 Å². The van der Waals surface area contributed by atoms with E-state index in [4.69, 9.17) is 0 Å². The molecular weight excluding hydrogens is 440 g/mol. The fourth-order valence-corrected chi connectivity index (χ4v) is 7.23. The van der Waals surface area contributed by atoms with Crippen LogP contribution in [0.1, 0.15) is 15.2 Å². The second kappa shape index (κ2) is 8.93. The largest absolute Gasteiger partial charge is 0.337 e. The number of sulfonamides is 1. The standard InChI is InChI=1S/C20H22N4O3S3/c1-22(14-16-13-21-24(15-16)17-5-3-2-4-6-17)20(25)19-18(7-10-29-19)30(26,27)23-8-11-28-12-9-23/h2-7,10,13,15H,8-9,11-12,14H2,1H3. The zero-order chi connectivity index (χ0) is 21.1. The molecule has 4 rings (SSSR count). The van der Waals surface area contributed by atoms with E-state index < -0.39 is 10.0 Å². The SMILES string of the molecule is CN(Cc1cnn(-c2ccccc2)c1)C(=O)c1sccc1S(=O)(=O)N1CCSCC1. The van der Waals surface area contributed by atoms with Gasteiger partial charge in [-0.1, -0.05) is 18.2 Å². The highest BCUT2D eigenvalue weighted by Gasteiger charge is 2.32. The minimum atomic E-state index is -3.67. The number of para-hydroxylation sites is 1. The van der Waals surface area contributed by atoms with E-state index >= 15 is 0 Å². The van der Waals surface area contributed by atoms with Gasteiger partial charge in [-0.15, -0.1) is 11.3 Å². The predicted octanol–water partition coefficient (Wildman–Crippen LogP) is 2.94. The first kappa shape index (κ1) is 21.1. The maximum atomic E-state index is 13.1. The fraction of sp³-hybridized carbons (Fsp3) is 0.300.